The lowest BCUT2D eigenvalue weighted by molar-refractivity contribution is -0.158. The minimum Gasteiger partial charge on any atom is -0.476 e. The van der Waals surface area contributed by atoms with Gasteiger partial charge in [-0.15, -0.1) is 11.3 Å². The normalized spacial score (nSPS) is 22.1. The lowest BCUT2D eigenvalue weighted by atomic mass is 9.87. The number of carboxylic acids is 1. The molecule has 0 aliphatic carbocycles. The summed E-state index contributed by atoms with van der Waals surface area (Å²) in [5.74, 6) is -0.937. The summed E-state index contributed by atoms with van der Waals surface area (Å²) < 4.78 is 5.70. The second-order valence-electron chi connectivity index (χ2n) is 5.13. The van der Waals surface area contributed by atoms with Crippen LogP contribution >= 0.6 is 11.3 Å². The summed E-state index contributed by atoms with van der Waals surface area (Å²) in [5.41, 5.74) is -0.570. The van der Waals surface area contributed by atoms with Crippen LogP contribution in [0.15, 0.2) is 29.0 Å². The Morgan fingerprint density at radius 2 is 2.32 bits per heavy atom. The first-order valence-corrected chi connectivity index (χ1v) is 6.81. The molecule has 100 valence electrons. The van der Waals surface area contributed by atoms with Gasteiger partial charge in [-0.3, -0.25) is 9.69 Å². The molecule has 1 unspecified atom stereocenters. The summed E-state index contributed by atoms with van der Waals surface area (Å²) in [6.45, 7) is 3.82. The SMILES string of the molecule is CC(C)(C1=C(C(=O)O)N2C(=O)CC2O1)c1cccs1. The van der Waals surface area contributed by atoms with Gasteiger partial charge in [0.25, 0.3) is 0 Å². The number of amides is 1. The van der Waals surface area contributed by atoms with Crippen LogP contribution in [0.5, 0.6) is 0 Å². The zero-order valence-electron chi connectivity index (χ0n) is 10.5. The maximum Gasteiger partial charge on any atom is 0.356 e. The topological polar surface area (TPSA) is 66.8 Å². The quantitative estimate of drug-likeness (QED) is 0.858. The van der Waals surface area contributed by atoms with Crippen molar-refractivity contribution in [2.24, 2.45) is 0 Å². The lowest BCUT2D eigenvalue weighted by Gasteiger charge is -2.33. The van der Waals surface area contributed by atoms with Crippen LogP contribution < -0.4 is 0 Å². The van der Waals surface area contributed by atoms with E-state index in [1.165, 1.54) is 4.90 Å². The third-order valence-electron chi connectivity index (χ3n) is 3.52. The number of rotatable bonds is 3. The number of hydrogen-bond donors (Lipinski definition) is 1. The van der Waals surface area contributed by atoms with Crippen molar-refractivity contribution in [3.05, 3.63) is 33.8 Å². The minimum absolute atomic E-state index is 0.0142. The van der Waals surface area contributed by atoms with Gasteiger partial charge in [0, 0.05) is 4.88 Å². The predicted octanol–water partition coefficient (Wildman–Crippen LogP) is 1.91. The van der Waals surface area contributed by atoms with E-state index in [1.54, 1.807) is 11.3 Å². The molecule has 6 heteroatoms. The zero-order chi connectivity index (χ0) is 13.8. The highest BCUT2D eigenvalue weighted by Gasteiger charge is 2.53. The zero-order valence-corrected chi connectivity index (χ0v) is 11.4. The van der Waals surface area contributed by atoms with Crippen LogP contribution in [-0.2, 0) is 19.7 Å². The van der Waals surface area contributed by atoms with Gasteiger partial charge in [0.1, 0.15) is 5.76 Å². The first kappa shape index (κ1) is 12.2. The fourth-order valence-corrected chi connectivity index (χ4v) is 3.29. The van der Waals surface area contributed by atoms with Crippen molar-refractivity contribution in [3.8, 4) is 0 Å². The van der Waals surface area contributed by atoms with E-state index in [2.05, 4.69) is 0 Å². The van der Waals surface area contributed by atoms with E-state index < -0.39 is 17.6 Å². The number of carbonyl (C=O) groups is 2. The van der Waals surface area contributed by atoms with Gasteiger partial charge in [-0.25, -0.2) is 4.79 Å². The summed E-state index contributed by atoms with van der Waals surface area (Å²) in [7, 11) is 0. The van der Waals surface area contributed by atoms with Crippen molar-refractivity contribution in [2.75, 3.05) is 0 Å². The Hall–Kier alpha value is -1.82. The van der Waals surface area contributed by atoms with Crippen LogP contribution in [0.3, 0.4) is 0 Å². The smallest absolute Gasteiger partial charge is 0.356 e. The van der Waals surface area contributed by atoms with E-state index in [9.17, 15) is 14.7 Å². The molecule has 1 atom stereocenters. The molecule has 19 heavy (non-hydrogen) atoms. The average Bonchev–Trinajstić information content (AvgIpc) is 2.92. The average molecular weight is 279 g/mol. The molecule has 1 saturated heterocycles. The van der Waals surface area contributed by atoms with Crippen molar-refractivity contribution < 1.29 is 19.4 Å². The highest BCUT2D eigenvalue weighted by Crippen LogP contribution is 2.45. The second kappa shape index (κ2) is 3.84. The molecule has 1 amide bonds. The summed E-state index contributed by atoms with van der Waals surface area (Å²) in [6.07, 6.45) is -0.186. The molecular formula is C13H13NO4S. The van der Waals surface area contributed by atoms with Crippen LogP contribution in [0.25, 0.3) is 0 Å². The number of aliphatic carboxylic acids is 1. The molecule has 5 nitrogen and oxygen atoms in total. The van der Waals surface area contributed by atoms with Crippen LogP contribution in [0.1, 0.15) is 25.1 Å². The summed E-state index contributed by atoms with van der Waals surface area (Å²) in [5, 5.41) is 11.3. The van der Waals surface area contributed by atoms with Gasteiger partial charge < -0.3 is 9.84 Å². The van der Waals surface area contributed by atoms with Gasteiger partial charge in [-0.2, -0.15) is 0 Å². The molecule has 1 N–H and O–H groups in total. The lowest BCUT2D eigenvalue weighted by Crippen LogP contribution is -2.50. The molecule has 1 aromatic heterocycles. The number of β-lactam (4-membered cyclic amide) rings is 1. The van der Waals surface area contributed by atoms with Crippen LogP contribution in [0.4, 0.5) is 0 Å². The van der Waals surface area contributed by atoms with Gasteiger partial charge >= 0.3 is 5.97 Å². The Kier molecular flexibility index (Phi) is 2.47. The molecule has 1 fully saturated rings. The van der Waals surface area contributed by atoms with Crippen molar-refractivity contribution in [2.45, 2.75) is 31.9 Å². The van der Waals surface area contributed by atoms with E-state index in [1.807, 2.05) is 31.4 Å². The number of carboxylic acid groups (broad SMARTS) is 1. The van der Waals surface area contributed by atoms with Gasteiger partial charge in [0.15, 0.2) is 11.9 Å². The Bertz CT molecular complexity index is 588. The van der Waals surface area contributed by atoms with E-state index in [0.717, 1.165) is 4.88 Å². The molecule has 0 bridgehead atoms. The highest BCUT2D eigenvalue weighted by atomic mass is 32.1. The van der Waals surface area contributed by atoms with Crippen molar-refractivity contribution in [3.63, 3.8) is 0 Å². The summed E-state index contributed by atoms with van der Waals surface area (Å²) in [6, 6.07) is 3.86. The third-order valence-corrected chi connectivity index (χ3v) is 4.72. The molecule has 2 aliphatic heterocycles. The van der Waals surface area contributed by atoms with E-state index in [0.29, 0.717) is 5.76 Å². The van der Waals surface area contributed by atoms with Crippen molar-refractivity contribution in [1.29, 1.82) is 0 Å². The van der Waals surface area contributed by atoms with Gasteiger partial charge in [-0.05, 0) is 25.3 Å². The molecule has 0 radical (unpaired) electrons. The Balaban J connectivity index is 2.09. The molecule has 0 aromatic carbocycles. The second-order valence-corrected chi connectivity index (χ2v) is 6.07. The van der Waals surface area contributed by atoms with Gasteiger partial charge in [-0.1, -0.05) is 6.07 Å². The number of carbonyl (C=O) groups excluding carboxylic acids is 1. The first-order chi connectivity index (χ1) is 8.93. The number of nitrogens with zero attached hydrogens (tertiary/aromatic N) is 1. The molecule has 1 aromatic rings. The number of fused-ring (bicyclic) bond motifs is 1. The molecule has 0 saturated carbocycles. The van der Waals surface area contributed by atoms with Gasteiger partial charge in [0.2, 0.25) is 5.91 Å². The largest absolute Gasteiger partial charge is 0.476 e. The fraction of sp³-hybridized carbons (Fsp3) is 0.385. The Morgan fingerprint density at radius 1 is 1.58 bits per heavy atom. The van der Waals surface area contributed by atoms with Crippen LogP contribution in [-0.4, -0.2) is 28.1 Å². The standard InChI is InChI=1S/C13H13NO4S/c1-13(2,7-4-3-5-19-7)11-10(12(16)17)14-8(15)6-9(14)18-11/h3-5,9H,6H2,1-2H3,(H,16,17). The number of hydrogen-bond acceptors (Lipinski definition) is 4. The Morgan fingerprint density at radius 3 is 2.84 bits per heavy atom. The summed E-state index contributed by atoms with van der Waals surface area (Å²) in [4.78, 5) is 25.2. The van der Waals surface area contributed by atoms with Crippen molar-refractivity contribution in [1.82, 2.24) is 4.90 Å². The van der Waals surface area contributed by atoms with E-state index in [-0.39, 0.29) is 18.0 Å². The maximum atomic E-state index is 11.5. The molecule has 3 rings (SSSR count). The first-order valence-electron chi connectivity index (χ1n) is 5.93. The van der Waals surface area contributed by atoms with Gasteiger partial charge in [0.05, 0.1) is 11.8 Å². The van der Waals surface area contributed by atoms with E-state index >= 15 is 0 Å². The van der Waals surface area contributed by atoms with Crippen LogP contribution in [0, 0.1) is 0 Å². The summed E-state index contributed by atoms with van der Waals surface area (Å²) >= 11 is 1.54. The fourth-order valence-electron chi connectivity index (χ4n) is 2.44. The number of ether oxygens (including phenoxy) is 1. The number of allylic oxidation sites excluding steroid dienone is 1. The third kappa shape index (κ3) is 1.59. The molecular weight excluding hydrogens is 266 g/mol. The molecule has 0 spiro atoms. The van der Waals surface area contributed by atoms with E-state index in [4.69, 9.17) is 4.74 Å². The highest BCUT2D eigenvalue weighted by molar-refractivity contribution is 7.10. The molecule has 3 heterocycles. The number of thiophene rings is 1. The minimum atomic E-state index is -1.12. The van der Waals surface area contributed by atoms with Crippen LogP contribution in [0.2, 0.25) is 0 Å². The molecule has 2 aliphatic rings. The maximum absolute atomic E-state index is 11.5. The predicted molar refractivity (Wildman–Crippen MR) is 68.3 cm³/mol. The monoisotopic (exact) mass is 279 g/mol. The Labute approximate surface area is 114 Å². The van der Waals surface area contributed by atoms with Crippen molar-refractivity contribution >= 4 is 23.2 Å².